The summed E-state index contributed by atoms with van der Waals surface area (Å²) in [5, 5.41) is 10.3. The van der Waals surface area contributed by atoms with Crippen molar-refractivity contribution in [3.63, 3.8) is 0 Å². The van der Waals surface area contributed by atoms with Gasteiger partial charge in [-0.25, -0.2) is 4.98 Å². The van der Waals surface area contributed by atoms with E-state index in [1.165, 1.54) is 4.90 Å². The number of nitrogens with one attached hydrogen (secondary N) is 1. The van der Waals surface area contributed by atoms with Crippen molar-refractivity contribution in [2.45, 2.75) is 37.8 Å². The number of aliphatic hydroxyl groups excluding tert-OH is 1. The van der Waals surface area contributed by atoms with E-state index < -0.39 is 18.8 Å². The van der Waals surface area contributed by atoms with E-state index in [4.69, 9.17) is 21.1 Å². The molecule has 1 aromatic carbocycles. The van der Waals surface area contributed by atoms with Gasteiger partial charge in [0.15, 0.2) is 5.65 Å². The highest BCUT2D eigenvalue weighted by Gasteiger charge is 2.35. The van der Waals surface area contributed by atoms with E-state index in [0.29, 0.717) is 61.0 Å². The molecule has 0 aliphatic carbocycles. The van der Waals surface area contributed by atoms with Crippen molar-refractivity contribution in [2.24, 2.45) is 0 Å². The van der Waals surface area contributed by atoms with E-state index >= 15 is 0 Å². The number of hydrogen-bond acceptors (Lipinski definition) is 7. The maximum atomic E-state index is 12.5. The summed E-state index contributed by atoms with van der Waals surface area (Å²) in [5.41, 5.74) is 3.69. The van der Waals surface area contributed by atoms with Crippen LogP contribution in [-0.2, 0) is 4.74 Å². The average molecular weight is 526 g/mol. The standard InChI is InChI=1S/C24H27ClF3N5O3/c25-18-13-19-22(30-21(18)15-1-3-16(4-2-15)32-9-11-35-12-10-32)31-23(29-19)36-17-5-7-33(8-6-17)20(34)14-24(26,27)28/h1-4,13,17,20,34H,5-12,14H2,(H,29,30,31). The molecule has 2 fully saturated rings. The van der Waals surface area contributed by atoms with Gasteiger partial charge in [-0.2, -0.15) is 18.2 Å². The fraction of sp³-hybridized carbons (Fsp3) is 0.500. The molecule has 2 N–H and O–H groups in total. The molecule has 194 valence electrons. The van der Waals surface area contributed by atoms with Gasteiger partial charge in [0.1, 0.15) is 12.3 Å². The maximum Gasteiger partial charge on any atom is 0.392 e. The van der Waals surface area contributed by atoms with Crippen LogP contribution in [0.1, 0.15) is 19.3 Å². The molecule has 12 heteroatoms. The number of halogens is 4. The normalized spacial score (nSPS) is 19.1. The number of hydrogen-bond donors (Lipinski definition) is 2. The third kappa shape index (κ3) is 5.86. The van der Waals surface area contributed by atoms with E-state index in [9.17, 15) is 18.3 Å². The number of ether oxygens (including phenoxy) is 2. The number of aliphatic hydroxyl groups is 1. The van der Waals surface area contributed by atoms with Gasteiger partial charge in [-0.15, -0.1) is 0 Å². The first-order chi connectivity index (χ1) is 17.2. The number of aromatic nitrogens is 3. The van der Waals surface area contributed by atoms with Crippen molar-refractivity contribution in [1.29, 1.82) is 0 Å². The third-order valence-corrected chi connectivity index (χ3v) is 6.80. The van der Waals surface area contributed by atoms with Gasteiger partial charge in [-0.1, -0.05) is 23.7 Å². The lowest BCUT2D eigenvalue weighted by Crippen LogP contribution is -2.45. The number of aromatic amines is 1. The fourth-order valence-electron chi connectivity index (χ4n) is 4.59. The molecule has 5 rings (SSSR count). The molecule has 8 nitrogen and oxygen atoms in total. The fourth-order valence-corrected chi connectivity index (χ4v) is 4.85. The summed E-state index contributed by atoms with van der Waals surface area (Å²) in [6.07, 6.45) is -6.47. The van der Waals surface area contributed by atoms with E-state index in [1.54, 1.807) is 6.07 Å². The number of imidazole rings is 1. The number of piperidine rings is 1. The SMILES string of the molecule is OC(CC(F)(F)F)N1CCC(Oc2nc3nc(-c4ccc(N5CCOCC5)cc4)c(Cl)cc3[nH]2)CC1. The molecule has 0 saturated carbocycles. The molecule has 4 heterocycles. The maximum absolute atomic E-state index is 12.5. The molecule has 1 unspecified atom stereocenters. The van der Waals surface area contributed by atoms with Crippen LogP contribution >= 0.6 is 11.6 Å². The van der Waals surface area contributed by atoms with Crippen LogP contribution in [0.5, 0.6) is 6.01 Å². The minimum absolute atomic E-state index is 0.234. The lowest BCUT2D eigenvalue weighted by Gasteiger charge is -2.34. The van der Waals surface area contributed by atoms with Crippen molar-refractivity contribution in [2.75, 3.05) is 44.3 Å². The summed E-state index contributed by atoms with van der Waals surface area (Å²) >= 11 is 6.53. The Labute approximate surface area is 211 Å². The highest BCUT2D eigenvalue weighted by Crippen LogP contribution is 2.31. The highest BCUT2D eigenvalue weighted by molar-refractivity contribution is 6.33. The monoisotopic (exact) mass is 525 g/mol. The van der Waals surface area contributed by atoms with Gasteiger partial charge < -0.3 is 24.5 Å². The number of rotatable bonds is 6. The zero-order valence-corrected chi connectivity index (χ0v) is 20.2. The van der Waals surface area contributed by atoms with Crippen molar-refractivity contribution in [3.05, 3.63) is 35.4 Å². The zero-order chi connectivity index (χ0) is 25.3. The summed E-state index contributed by atoms with van der Waals surface area (Å²) in [6, 6.07) is 10.1. The van der Waals surface area contributed by atoms with Crippen molar-refractivity contribution < 1.29 is 27.8 Å². The summed E-state index contributed by atoms with van der Waals surface area (Å²) in [5.74, 6) is 0. The van der Waals surface area contributed by atoms with Crippen LogP contribution < -0.4 is 9.64 Å². The van der Waals surface area contributed by atoms with Gasteiger partial charge in [0, 0.05) is 37.4 Å². The molecule has 2 aliphatic rings. The van der Waals surface area contributed by atoms with Crippen LogP contribution in [0.25, 0.3) is 22.4 Å². The minimum atomic E-state index is -4.40. The average Bonchev–Trinajstić information content (AvgIpc) is 3.24. The molecule has 0 radical (unpaired) electrons. The predicted molar refractivity (Wildman–Crippen MR) is 129 cm³/mol. The van der Waals surface area contributed by atoms with Crippen molar-refractivity contribution in [1.82, 2.24) is 19.9 Å². The zero-order valence-electron chi connectivity index (χ0n) is 19.5. The number of H-pyrrole nitrogens is 1. The van der Waals surface area contributed by atoms with Crippen molar-refractivity contribution >= 4 is 28.5 Å². The van der Waals surface area contributed by atoms with Gasteiger partial charge in [-0.3, -0.25) is 4.90 Å². The van der Waals surface area contributed by atoms with E-state index in [-0.39, 0.29) is 12.1 Å². The number of nitrogens with zero attached hydrogens (tertiary/aromatic N) is 4. The van der Waals surface area contributed by atoms with Crippen LogP contribution in [0.3, 0.4) is 0 Å². The lowest BCUT2D eigenvalue weighted by atomic mass is 10.1. The van der Waals surface area contributed by atoms with E-state index in [1.807, 2.05) is 24.3 Å². The highest BCUT2D eigenvalue weighted by atomic mass is 35.5. The number of anilines is 1. The summed E-state index contributed by atoms with van der Waals surface area (Å²) in [6.45, 7) is 3.75. The first kappa shape index (κ1) is 25.1. The predicted octanol–water partition coefficient (Wildman–Crippen LogP) is 4.23. The molecule has 2 saturated heterocycles. The Morgan fingerprint density at radius 3 is 2.47 bits per heavy atom. The van der Waals surface area contributed by atoms with Crippen LogP contribution in [0.15, 0.2) is 30.3 Å². The first-order valence-electron chi connectivity index (χ1n) is 11.9. The van der Waals surface area contributed by atoms with E-state index in [0.717, 1.165) is 24.3 Å². The Hall–Kier alpha value is -2.60. The number of likely N-dealkylation sites (tertiary alicyclic amines) is 1. The molecule has 0 spiro atoms. The summed E-state index contributed by atoms with van der Waals surface area (Å²) in [7, 11) is 0. The Morgan fingerprint density at radius 2 is 1.81 bits per heavy atom. The molecule has 2 aromatic heterocycles. The van der Waals surface area contributed by atoms with Gasteiger partial charge in [0.05, 0.1) is 35.9 Å². The Kier molecular flexibility index (Phi) is 7.25. The summed E-state index contributed by atoms with van der Waals surface area (Å²) in [4.78, 5) is 15.8. The van der Waals surface area contributed by atoms with Gasteiger partial charge in [-0.05, 0) is 31.0 Å². The topological polar surface area (TPSA) is 86.7 Å². The van der Waals surface area contributed by atoms with Gasteiger partial charge in [0.2, 0.25) is 0 Å². The van der Waals surface area contributed by atoms with Crippen LogP contribution in [0.2, 0.25) is 5.02 Å². The van der Waals surface area contributed by atoms with Gasteiger partial charge >= 0.3 is 6.18 Å². The van der Waals surface area contributed by atoms with Gasteiger partial charge in [0.25, 0.3) is 6.01 Å². The second-order valence-electron chi connectivity index (χ2n) is 9.03. The Morgan fingerprint density at radius 1 is 1.11 bits per heavy atom. The molecule has 1 atom stereocenters. The Balaban J connectivity index is 1.24. The lowest BCUT2D eigenvalue weighted by molar-refractivity contribution is -0.177. The number of benzene rings is 1. The molecule has 0 amide bonds. The number of pyridine rings is 1. The first-order valence-corrected chi connectivity index (χ1v) is 12.3. The smallest absolute Gasteiger partial charge is 0.392 e. The molecular formula is C24H27ClF3N5O3. The van der Waals surface area contributed by atoms with Crippen LogP contribution in [0, 0.1) is 0 Å². The molecule has 2 aliphatic heterocycles. The number of morpholine rings is 1. The molecule has 36 heavy (non-hydrogen) atoms. The molecular weight excluding hydrogens is 499 g/mol. The number of fused-ring (bicyclic) bond motifs is 1. The minimum Gasteiger partial charge on any atom is -0.461 e. The van der Waals surface area contributed by atoms with Crippen molar-refractivity contribution in [3.8, 4) is 17.3 Å². The summed E-state index contributed by atoms with van der Waals surface area (Å²) < 4.78 is 49.0. The largest absolute Gasteiger partial charge is 0.461 e. The van der Waals surface area contributed by atoms with E-state index in [2.05, 4.69) is 19.9 Å². The molecule has 3 aromatic rings. The molecule has 0 bridgehead atoms. The van der Waals surface area contributed by atoms with Crippen LogP contribution in [0.4, 0.5) is 18.9 Å². The van der Waals surface area contributed by atoms with Crippen LogP contribution in [-0.4, -0.2) is 82.9 Å². The second kappa shape index (κ2) is 10.4. The Bertz CT molecular complexity index is 1180. The quantitative estimate of drug-likeness (QED) is 0.498. The third-order valence-electron chi connectivity index (χ3n) is 6.51. The second-order valence-corrected chi connectivity index (χ2v) is 9.44. The number of alkyl halides is 3.